The summed E-state index contributed by atoms with van der Waals surface area (Å²) in [4.78, 5) is 17.0. The Morgan fingerprint density at radius 2 is 1.50 bits per heavy atom. The van der Waals surface area contributed by atoms with E-state index < -0.39 is 28.9 Å². The summed E-state index contributed by atoms with van der Waals surface area (Å²) >= 11 is 0. The Kier molecular flexibility index (Phi) is 17.1. The third-order valence-corrected chi connectivity index (χ3v) is 7.33. The van der Waals surface area contributed by atoms with Crippen molar-refractivity contribution in [1.29, 1.82) is 0 Å². The third kappa shape index (κ3) is 14.2. The largest absolute Gasteiger partial charge is 0.474 e. The molecule has 0 saturated heterocycles. The molecule has 0 radical (unpaired) electrons. The average Bonchev–Trinajstić information content (AvgIpc) is 3.48. The molecule has 0 amide bonds. The summed E-state index contributed by atoms with van der Waals surface area (Å²) in [6.45, 7) is 31.8. The highest BCUT2D eigenvalue weighted by molar-refractivity contribution is 5.83. The molecule has 0 aliphatic rings. The number of hydrogen-bond donors (Lipinski definition) is 3. The van der Waals surface area contributed by atoms with Crippen LogP contribution in [0.1, 0.15) is 105 Å². The Hall–Kier alpha value is -4.47. The van der Waals surface area contributed by atoms with Gasteiger partial charge in [-0.3, -0.25) is 4.79 Å². The van der Waals surface area contributed by atoms with Gasteiger partial charge in [0, 0.05) is 17.6 Å². The zero-order chi connectivity index (χ0) is 38.3. The SMILES string of the molecule is C=C(NC(C)(C)C(=C)NC(CCCc1ccccc1)C(=C)Nc1cn(C(C(C)=O)c2ccc(C(F)(F)F)cc2)cn1)OC(C)(C)C.CC.CC. The molecular weight excluding hydrogens is 639 g/mol. The fourth-order valence-corrected chi connectivity index (χ4v) is 4.96. The van der Waals surface area contributed by atoms with E-state index in [0.717, 1.165) is 31.4 Å². The number of benzene rings is 2. The molecular formula is C40H58F3N5O2. The van der Waals surface area contributed by atoms with Gasteiger partial charge in [-0.25, -0.2) is 4.98 Å². The molecule has 0 bridgehead atoms. The van der Waals surface area contributed by atoms with Crippen molar-refractivity contribution in [2.75, 3.05) is 5.32 Å². The molecule has 3 rings (SSSR count). The number of ether oxygens (including phenoxy) is 1. The van der Waals surface area contributed by atoms with Gasteiger partial charge in [0.1, 0.15) is 17.5 Å². The molecule has 1 aromatic heterocycles. The number of ketones is 1. The summed E-state index contributed by atoms with van der Waals surface area (Å²) in [7, 11) is 0. The van der Waals surface area contributed by atoms with Gasteiger partial charge < -0.3 is 25.3 Å². The second-order valence-electron chi connectivity index (χ2n) is 12.9. The fourth-order valence-electron chi connectivity index (χ4n) is 4.96. The van der Waals surface area contributed by atoms with Crippen LogP contribution in [0.3, 0.4) is 0 Å². The van der Waals surface area contributed by atoms with Crippen molar-refractivity contribution in [3.05, 3.63) is 121 Å². The molecule has 0 aliphatic carbocycles. The summed E-state index contributed by atoms with van der Waals surface area (Å²) in [5, 5.41) is 10.1. The number of aromatic nitrogens is 2. The first-order chi connectivity index (χ1) is 23.4. The van der Waals surface area contributed by atoms with Gasteiger partial charge >= 0.3 is 6.18 Å². The van der Waals surface area contributed by atoms with Crippen molar-refractivity contribution >= 4 is 11.6 Å². The molecule has 1 heterocycles. The first-order valence-corrected chi connectivity index (χ1v) is 17.2. The smallest absolute Gasteiger partial charge is 0.416 e. The van der Waals surface area contributed by atoms with E-state index in [4.69, 9.17) is 4.74 Å². The Balaban J connectivity index is 0.00000301. The molecule has 7 nitrogen and oxygen atoms in total. The van der Waals surface area contributed by atoms with Gasteiger partial charge in [-0.05, 0) is 90.6 Å². The molecule has 0 saturated carbocycles. The lowest BCUT2D eigenvalue weighted by Gasteiger charge is -2.36. The highest BCUT2D eigenvalue weighted by Crippen LogP contribution is 2.31. The van der Waals surface area contributed by atoms with Crippen molar-refractivity contribution in [2.24, 2.45) is 0 Å². The van der Waals surface area contributed by atoms with E-state index in [-0.39, 0.29) is 11.8 Å². The van der Waals surface area contributed by atoms with Crippen LogP contribution in [0.2, 0.25) is 0 Å². The maximum Gasteiger partial charge on any atom is 0.416 e. The summed E-state index contributed by atoms with van der Waals surface area (Å²) in [5.74, 6) is 0.621. The summed E-state index contributed by atoms with van der Waals surface area (Å²) in [6, 6.07) is 13.7. The van der Waals surface area contributed by atoms with Crippen LogP contribution in [0.4, 0.5) is 19.0 Å². The Morgan fingerprint density at radius 3 is 2.02 bits per heavy atom. The second-order valence-corrected chi connectivity index (χ2v) is 12.9. The number of nitrogens with zero attached hydrogens (tertiary/aromatic N) is 2. The van der Waals surface area contributed by atoms with E-state index in [1.165, 1.54) is 30.9 Å². The van der Waals surface area contributed by atoms with Crippen LogP contribution in [0, 0.1) is 0 Å². The average molecular weight is 698 g/mol. The second kappa shape index (κ2) is 19.6. The highest BCUT2D eigenvalue weighted by atomic mass is 19.4. The number of aryl methyl sites for hydroxylation is 1. The van der Waals surface area contributed by atoms with Crippen LogP contribution in [0.15, 0.2) is 104 Å². The van der Waals surface area contributed by atoms with E-state index in [1.807, 2.05) is 80.5 Å². The summed E-state index contributed by atoms with van der Waals surface area (Å²) in [6.07, 6.45) is 1.11. The molecule has 276 valence electrons. The van der Waals surface area contributed by atoms with E-state index >= 15 is 0 Å². The molecule has 2 atom stereocenters. The maximum atomic E-state index is 13.1. The number of imidazole rings is 1. The number of hydrogen-bond acceptors (Lipinski definition) is 6. The van der Waals surface area contributed by atoms with Crippen molar-refractivity contribution < 1.29 is 22.7 Å². The van der Waals surface area contributed by atoms with Crippen LogP contribution in [0.5, 0.6) is 0 Å². The van der Waals surface area contributed by atoms with Crippen LogP contribution < -0.4 is 16.0 Å². The predicted octanol–water partition coefficient (Wildman–Crippen LogP) is 10.2. The molecule has 0 aliphatic heterocycles. The zero-order valence-electron chi connectivity index (χ0n) is 31.6. The molecule has 2 aromatic carbocycles. The highest BCUT2D eigenvalue weighted by Gasteiger charge is 2.31. The summed E-state index contributed by atoms with van der Waals surface area (Å²) in [5.41, 5.74) is 1.17. The van der Waals surface area contributed by atoms with E-state index in [0.29, 0.717) is 28.7 Å². The normalized spacial score (nSPS) is 12.5. The topological polar surface area (TPSA) is 80.2 Å². The number of anilines is 1. The number of halogens is 3. The van der Waals surface area contributed by atoms with Crippen LogP contribution in [0.25, 0.3) is 0 Å². The minimum Gasteiger partial charge on any atom is -0.474 e. The maximum absolute atomic E-state index is 13.1. The Morgan fingerprint density at radius 1 is 0.920 bits per heavy atom. The number of nitrogens with one attached hydrogen (secondary N) is 3. The zero-order valence-corrected chi connectivity index (χ0v) is 31.6. The van der Waals surface area contributed by atoms with Gasteiger partial charge in [0.25, 0.3) is 0 Å². The molecule has 0 fully saturated rings. The molecule has 3 aromatic rings. The van der Waals surface area contributed by atoms with Gasteiger partial charge in [0.05, 0.1) is 23.5 Å². The van der Waals surface area contributed by atoms with Gasteiger partial charge in [-0.1, -0.05) is 83.3 Å². The lowest BCUT2D eigenvalue weighted by Crippen LogP contribution is -2.48. The van der Waals surface area contributed by atoms with Crippen molar-refractivity contribution in [3.63, 3.8) is 0 Å². The Bertz CT molecular complexity index is 1500. The number of rotatable bonds is 16. The number of alkyl halides is 3. The number of carbonyl (C=O) groups is 1. The quantitative estimate of drug-likeness (QED) is 0.129. The van der Waals surface area contributed by atoms with Gasteiger partial charge in [0.15, 0.2) is 11.7 Å². The van der Waals surface area contributed by atoms with Gasteiger partial charge in [0.2, 0.25) is 0 Å². The van der Waals surface area contributed by atoms with E-state index in [1.54, 1.807) is 10.8 Å². The van der Waals surface area contributed by atoms with E-state index in [9.17, 15) is 18.0 Å². The fraction of sp³-hybridized carbons (Fsp3) is 0.450. The van der Waals surface area contributed by atoms with Crippen LogP contribution >= 0.6 is 0 Å². The standard InChI is InChI=1S/C36H46F3N5O2.2C2H6/c1-24(41-32-22-44(23-40-32)33(25(2)45)29-18-20-30(21-19-29)36(37,38)39)31(17-13-16-28-14-11-10-12-15-28)42-26(3)35(8,9)43-27(4)46-34(5,6)7;2*1-2/h10-12,14-15,18-23,31,33,41-43H,1,3-4,13,16-17H2,2,5-9H3;2*1-2H3. The minimum absolute atomic E-state index is 0.244. The molecule has 50 heavy (non-hydrogen) atoms. The first kappa shape index (κ1) is 43.6. The van der Waals surface area contributed by atoms with Gasteiger partial charge in [-0.15, -0.1) is 0 Å². The third-order valence-electron chi connectivity index (χ3n) is 7.33. The Labute approximate surface area is 298 Å². The molecule has 10 heteroatoms. The first-order valence-electron chi connectivity index (χ1n) is 17.2. The summed E-state index contributed by atoms with van der Waals surface area (Å²) < 4.78 is 46.7. The monoisotopic (exact) mass is 697 g/mol. The minimum atomic E-state index is -4.47. The number of carbonyl (C=O) groups excluding carboxylic acids is 1. The van der Waals surface area contributed by atoms with E-state index in [2.05, 4.69) is 52.8 Å². The predicted molar refractivity (Wildman–Crippen MR) is 201 cm³/mol. The van der Waals surface area contributed by atoms with Crippen molar-refractivity contribution in [2.45, 2.75) is 118 Å². The van der Waals surface area contributed by atoms with Crippen molar-refractivity contribution in [3.8, 4) is 0 Å². The lowest BCUT2D eigenvalue weighted by atomic mass is 9.98. The number of Topliss-reactive ketones (excluding diaryl/α,β-unsaturated/α-hetero) is 1. The molecule has 2 unspecified atom stereocenters. The van der Waals surface area contributed by atoms with Crippen LogP contribution in [-0.4, -0.2) is 32.5 Å². The molecule has 0 spiro atoms. The van der Waals surface area contributed by atoms with Crippen molar-refractivity contribution in [1.82, 2.24) is 20.2 Å². The lowest BCUT2D eigenvalue weighted by molar-refractivity contribution is -0.137. The molecule has 3 N–H and O–H groups in total. The van der Waals surface area contributed by atoms with Crippen LogP contribution in [-0.2, 0) is 22.1 Å². The van der Waals surface area contributed by atoms with Gasteiger partial charge in [-0.2, -0.15) is 13.2 Å².